The van der Waals surface area contributed by atoms with Crippen molar-refractivity contribution in [1.82, 2.24) is 5.32 Å². The summed E-state index contributed by atoms with van der Waals surface area (Å²) in [6.07, 6.45) is 5.28. The fourth-order valence-corrected chi connectivity index (χ4v) is 4.61. The minimum absolute atomic E-state index is 0.153. The first kappa shape index (κ1) is 18.7. The molecule has 1 amide bonds. The summed E-state index contributed by atoms with van der Waals surface area (Å²) in [5.74, 6) is 2.26. The number of ether oxygens (including phenoxy) is 1. The first-order valence-electron chi connectivity index (χ1n) is 9.73. The van der Waals surface area contributed by atoms with E-state index < -0.39 is 0 Å². The number of amides is 1. The predicted molar refractivity (Wildman–Crippen MR) is 116 cm³/mol. The Kier molecular flexibility index (Phi) is 5.48. The van der Waals surface area contributed by atoms with Gasteiger partial charge in [-0.2, -0.15) is 0 Å². The van der Waals surface area contributed by atoms with Gasteiger partial charge in [-0.25, -0.2) is 0 Å². The lowest BCUT2D eigenvalue weighted by atomic mass is 9.96. The number of methoxy groups -OCH3 is 1. The molecule has 28 heavy (non-hydrogen) atoms. The van der Waals surface area contributed by atoms with Crippen LogP contribution in [0, 0.1) is 11.8 Å². The Bertz CT molecular complexity index is 851. The minimum Gasteiger partial charge on any atom is -0.497 e. The Morgan fingerprint density at radius 2 is 1.64 bits per heavy atom. The van der Waals surface area contributed by atoms with Gasteiger partial charge in [0.15, 0.2) is 5.11 Å². The molecule has 0 heterocycles. The monoisotopic (exact) mass is 395 g/mol. The van der Waals surface area contributed by atoms with Crippen molar-refractivity contribution in [3.8, 4) is 5.75 Å². The van der Waals surface area contributed by atoms with Crippen LogP contribution in [-0.2, 0) is 0 Å². The van der Waals surface area contributed by atoms with Gasteiger partial charge in [0.25, 0.3) is 5.91 Å². The molecule has 0 radical (unpaired) electrons. The molecule has 0 aliphatic heterocycles. The number of carbonyl (C=O) groups excluding carboxylic acids is 1. The molecular weight excluding hydrogens is 370 g/mol. The summed E-state index contributed by atoms with van der Waals surface area (Å²) in [4.78, 5) is 12.4. The van der Waals surface area contributed by atoms with Crippen LogP contribution in [0.5, 0.6) is 5.75 Å². The SMILES string of the molecule is COc1ccc(NC(=O)c2ccc(NC(=S)N[C@H]3C[C@H]4CC[C@H]3C4)cc2)cc1. The first-order chi connectivity index (χ1) is 13.6. The van der Waals surface area contributed by atoms with Crippen LogP contribution in [0.3, 0.4) is 0 Å². The summed E-state index contributed by atoms with van der Waals surface area (Å²) in [6.45, 7) is 0. The lowest BCUT2D eigenvalue weighted by Crippen LogP contribution is -2.40. The van der Waals surface area contributed by atoms with Crippen molar-refractivity contribution in [3.63, 3.8) is 0 Å². The molecule has 3 N–H and O–H groups in total. The smallest absolute Gasteiger partial charge is 0.255 e. The summed E-state index contributed by atoms with van der Waals surface area (Å²) in [6, 6.07) is 15.1. The quantitative estimate of drug-likeness (QED) is 0.654. The van der Waals surface area contributed by atoms with Crippen molar-refractivity contribution in [2.45, 2.75) is 31.7 Å². The normalized spacial score (nSPS) is 22.5. The number of fused-ring (bicyclic) bond motifs is 2. The molecule has 0 saturated heterocycles. The topological polar surface area (TPSA) is 62.4 Å². The van der Waals surface area contributed by atoms with E-state index in [2.05, 4.69) is 16.0 Å². The van der Waals surface area contributed by atoms with Gasteiger partial charge in [0.1, 0.15) is 5.75 Å². The molecule has 0 aromatic heterocycles. The summed E-state index contributed by atoms with van der Waals surface area (Å²) >= 11 is 5.47. The number of rotatable bonds is 5. The molecule has 2 aliphatic rings. The van der Waals surface area contributed by atoms with E-state index in [1.54, 1.807) is 19.2 Å². The van der Waals surface area contributed by atoms with Gasteiger partial charge in [-0.05, 0) is 91.8 Å². The zero-order valence-electron chi connectivity index (χ0n) is 15.9. The van der Waals surface area contributed by atoms with Crippen LogP contribution >= 0.6 is 12.2 Å². The third kappa shape index (κ3) is 4.28. The highest BCUT2D eigenvalue weighted by Gasteiger charge is 2.39. The van der Waals surface area contributed by atoms with Crippen LogP contribution in [0.1, 0.15) is 36.0 Å². The maximum absolute atomic E-state index is 12.4. The lowest BCUT2D eigenvalue weighted by Gasteiger charge is -2.24. The van der Waals surface area contributed by atoms with Crippen molar-refractivity contribution in [2.24, 2.45) is 11.8 Å². The molecule has 5 nitrogen and oxygen atoms in total. The summed E-state index contributed by atoms with van der Waals surface area (Å²) in [5, 5.41) is 10.2. The van der Waals surface area contributed by atoms with E-state index in [4.69, 9.17) is 17.0 Å². The average molecular weight is 396 g/mol. The molecule has 2 aromatic rings. The van der Waals surface area contributed by atoms with Crippen molar-refractivity contribution in [2.75, 3.05) is 17.7 Å². The number of hydrogen-bond acceptors (Lipinski definition) is 3. The summed E-state index contributed by atoms with van der Waals surface area (Å²) < 4.78 is 5.12. The summed E-state index contributed by atoms with van der Waals surface area (Å²) in [5.41, 5.74) is 2.19. The van der Waals surface area contributed by atoms with Gasteiger partial charge >= 0.3 is 0 Å². The van der Waals surface area contributed by atoms with Gasteiger partial charge < -0.3 is 20.7 Å². The second-order valence-electron chi connectivity index (χ2n) is 7.64. The molecule has 2 aromatic carbocycles. The van der Waals surface area contributed by atoms with Crippen LogP contribution in [0.4, 0.5) is 11.4 Å². The Morgan fingerprint density at radius 3 is 2.25 bits per heavy atom. The standard InChI is InChI=1S/C22H25N3O2S/c1-27-19-10-8-17(9-11-19)23-21(26)15-4-6-18(7-5-15)24-22(28)25-20-13-14-2-3-16(20)12-14/h4-11,14,16,20H,2-3,12-13H2,1H3,(H,23,26)(H2,24,25,28)/t14-,16-,20-/m0/s1. The number of carbonyl (C=O) groups is 1. The molecule has 4 rings (SSSR count). The van der Waals surface area contributed by atoms with Crippen LogP contribution < -0.4 is 20.7 Å². The molecule has 6 heteroatoms. The largest absolute Gasteiger partial charge is 0.497 e. The van der Waals surface area contributed by atoms with E-state index in [1.165, 1.54) is 25.7 Å². The molecule has 2 aliphatic carbocycles. The van der Waals surface area contributed by atoms with Crippen molar-refractivity contribution in [1.29, 1.82) is 0 Å². The average Bonchev–Trinajstić information content (AvgIpc) is 3.32. The summed E-state index contributed by atoms with van der Waals surface area (Å²) in [7, 11) is 1.61. The number of anilines is 2. The second-order valence-corrected chi connectivity index (χ2v) is 8.05. The minimum atomic E-state index is -0.153. The lowest BCUT2D eigenvalue weighted by molar-refractivity contribution is 0.102. The van der Waals surface area contributed by atoms with Gasteiger partial charge in [0, 0.05) is 23.0 Å². The van der Waals surface area contributed by atoms with Crippen LogP contribution in [-0.4, -0.2) is 24.2 Å². The molecule has 2 fully saturated rings. The van der Waals surface area contributed by atoms with Crippen molar-refractivity contribution >= 4 is 34.6 Å². The Labute approximate surface area is 170 Å². The van der Waals surface area contributed by atoms with Gasteiger partial charge in [-0.15, -0.1) is 0 Å². The van der Waals surface area contributed by atoms with Gasteiger partial charge in [-0.3, -0.25) is 4.79 Å². The highest BCUT2D eigenvalue weighted by molar-refractivity contribution is 7.80. The molecule has 0 unspecified atom stereocenters. The van der Waals surface area contributed by atoms with E-state index in [0.717, 1.165) is 29.0 Å². The maximum atomic E-state index is 12.4. The van der Waals surface area contributed by atoms with E-state index >= 15 is 0 Å². The fraction of sp³-hybridized carbons (Fsp3) is 0.364. The first-order valence-corrected chi connectivity index (χ1v) is 10.1. The Balaban J connectivity index is 1.30. The van der Waals surface area contributed by atoms with Crippen molar-refractivity contribution in [3.05, 3.63) is 54.1 Å². The highest BCUT2D eigenvalue weighted by Crippen LogP contribution is 2.44. The Morgan fingerprint density at radius 1 is 0.964 bits per heavy atom. The van der Waals surface area contributed by atoms with Crippen LogP contribution in [0.15, 0.2) is 48.5 Å². The van der Waals surface area contributed by atoms with E-state index in [1.807, 2.05) is 36.4 Å². The third-order valence-corrected chi connectivity index (χ3v) is 6.03. The number of hydrogen-bond donors (Lipinski definition) is 3. The predicted octanol–water partition coefficient (Wildman–Crippen LogP) is 4.42. The molecule has 2 bridgehead atoms. The molecule has 146 valence electrons. The van der Waals surface area contributed by atoms with Crippen molar-refractivity contribution < 1.29 is 9.53 Å². The van der Waals surface area contributed by atoms with Gasteiger partial charge in [0.2, 0.25) is 0 Å². The zero-order chi connectivity index (χ0) is 19.5. The third-order valence-electron chi connectivity index (χ3n) is 5.81. The van der Waals surface area contributed by atoms with Gasteiger partial charge in [0.05, 0.1) is 7.11 Å². The van der Waals surface area contributed by atoms with Crippen LogP contribution in [0.2, 0.25) is 0 Å². The number of thiocarbonyl (C=S) groups is 1. The maximum Gasteiger partial charge on any atom is 0.255 e. The molecule has 0 spiro atoms. The van der Waals surface area contributed by atoms with E-state index in [0.29, 0.717) is 16.7 Å². The molecular formula is C22H25N3O2S. The number of benzene rings is 2. The van der Waals surface area contributed by atoms with E-state index in [-0.39, 0.29) is 5.91 Å². The fourth-order valence-electron chi connectivity index (χ4n) is 4.34. The van der Waals surface area contributed by atoms with Gasteiger partial charge in [-0.1, -0.05) is 6.42 Å². The van der Waals surface area contributed by atoms with E-state index in [9.17, 15) is 4.79 Å². The number of nitrogens with one attached hydrogen (secondary N) is 3. The molecule has 2 saturated carbocycles. The molecule has 3 atom stereocenters. The zero-order valence-corrected chi connectivity index (χ0v) is 16.7. The second kappa shape index (κ2) is 8.19. The Hall–Kier alpha value is -2.60. The highest BCUT2D eigenvalue weighted by atomic mass is 32.1. The van der Waals surface area contributed by atoms with Crippen LogP contribution in [0.25, 0.3) is 0 Å².